The van der Waals surface area contributed by atoms with Gasteiger partial charge in [0.2, 0.25) is 0 Å². The average molecular weight is 231 g/mol. The Labute approximate surface area is 93.1 Å². The van der Waals surface area contributed by atoms with Gasteiger partial charge < -0.3 is 10.1 Å². The van der Waals surface area contributed by atoms with Crippen molar-refractivity contribution >= 4 is 0 Å². The van der Waals surface area contributed by atoms with Crippen LogP contribution in [0.3, 0.4) is 0 Å². The molecule has 1 aromatic heterocycles. The largest absolute Gasteiger partial charge is 0.374 e. The van der Waals surface area contributed by atoms with Crippen LogP contribution in [0.5, 0.6) is 0 Å². The first-order valence-electron chi connectivity index (χ1n) is 5.03. The van der Waals surface area contributed by atoms with Crippen LogP contribution in [0.25, 0.3) is 0 Å². The zero-order valence-electron chi connectivity index (χ0n) is 9.12. The highest BCUT2D eigenvalue weighted by Gasteiger charge is 2.00. The van der Waals surface area contributed by atoms with Crippen molar-refractivity contribution in [1.29, 1.82) is 0 Å². The molecule has 6 heteroatoms. The number of hydrogen-bond donors (Lipinski definition) is 1. The van der Waals surface area contributed by atoms with Crippen molar-refractivity contribution in [3.05, 3.63) is 23.8 Å². The van der Waals surface area contributed by atoms with Gasteiger partial charge >= 0.3 is 0 Å². The van der Waals surface area contributed by atoms with E-state index in [1.807, 2.05) is 6.92 Å². The van der Waals surface area contributed by atoms with Gasteiger partial charge in [-0.1, -0.05) is 0 Å². The summed E-state index contributed by atoms with van der Waals surface area (Å²) in [7, 11) is 0. The Balaban J connectivity index is 2.07. The summed E-state index contributed by atoms with van der Waals surface area (Å²) in [6.07, 6.45) is -0.711. The molecule has 1 N–H and O–H groups in total. The number of halogens is 2. The van der Waals surface area contributed by atoms with E-state index in [2.05, 4.69) is 15.3 Å². The monoisotopic (exact) mass is 231 g/mol. The molecule has 90 valence electrons. The molecule has 0 bridgehead atoms. The van der Waals surface area contributed by atoms with E-state index in [0.717, 1.165) is 5.69 Å². The van der Waals surface area contributed by atoms with Crippen LogP contribution in [0.15, 0.2) is 12.3 Å². The standard InChI is InChI=1S/C10H15F2N3O/c1-8-14-3-2-9(15-8)6-13-4-5-16-7-10(11)12/h2-3,10,13H,4-7H2,1H3. The molecule has 0 saturated carbocycles. The maximum Gasteiger partial charge on any atom is 0.261 e. The molecule has 0 fully saturated rings. The molecule has 0 aromatic carbocycles. The van der Waals surface area contributed by atoms with Crippen molar-refractivity contribution in [1.82, 2.24) is 15.3 Å². The van der Waals surface area contributed by atoms with Crippen LogP contribution in [0, 0.1) is 6.92 Å². The van der Waals surface area contributed by atoms with Crippen LogP contribution in [0.4, 0.5) is 8.78 Å². The predicted molar refractivity (Wildman–Crippen MR) is 55.3 cm³/mol. The third kappa shape index (κ3) is 5.67. The van der Waals surface area contributed by atoms with E-state index < -0.39 is 13.0 Å². The molecule has 0 radical (unpaired) electrons. The first-order chi connectivity index (χ1) is 7.68. The van der Waals surface area contributed by atoms with Crippen molar-refractivity contribution in [3.63, 3.8) is 0 Å². The zero-order valence-corrected chi connectivity index (χ0v) is 9.12. The van der Waals surface area contributed by atoms with Crippen LogP contribution >= 0.6 is 0 Å². The summed E-state index contributed by atoms with van der Waals surface area (Å²) in [6, 6.07) is 1.81. The van der Waals surface area contributed by atoms with E-state index in [1.54, 1.807) is 12.3 Å². The lowest BCUT2D eigenvalue weighted by Gasteiger charge is -2.05. The quantitative estimate of drug-likeness (QED) is 0.715. The fourth-order valence-corrected chi connectivity index (χ4v) is 1.14. The second-order valence-electron chi connectivity index (χ2n) is 3.24. The summed E-state index contributed by atoms with van der Waals surface area (Å²) in [6.45, 7) is 2.69. The van der Waals surface area contributed by atoms with Crippen molar-refractivity contribution < 1.29 is 13.5 Å². The molecule has 1 aromatic rings. The summed E-state index contributed by atoms with van der Waals surface area (Å²) < 4.78 is 28.1. The fraction of sp³-hybridized carbons (Fsp3) is 0.600. The first-order valence-corrected chi connectivity index (χ1v) is 5.03. The molecule has 0 unspecified atom stereocenters. The van der Waals surface area contributed by atoms with Crippen LogP contribution in [0.2, 0.25) is 0 Å². The van der Waals surface area contributed by atoms with Gasteiger partial charge in [0.15, 0.2) is 0 Å². The predicted octanol–water partition coefficient (Wildman–Crippen LogP) is 1.16. The Morgan fingerprint density at radius 2 is 2.31 bits per heavy atom. The lowest BCUT2D eigenvalue weighted by atomic mass is 10.4. The number of rotatable bonds is 7. The van der Waals surface area contributed by atoms with Gasteiger partial charge in [-0.05, 0) is 13.0 Å². The molecular formula is C10H15F2N3O. The number of nitrogens with zero attached hydrogens (tertiary/aromatic N) is 2. The lowest BCUT2D eigenvalue weighted by Crippen LogP contribution is -2.21. The van der Waals surface area contributed by atoms with Gasteiger partial charge in [0, 0.05) is 19.3 Å². The summed E-state index contributed by atoms with van der Waals surface area (Å²) in [5.41, 5.74) is 0.876. The summed E-state index contributed by atoms with van der Waals surface area (Å²) in [5, 5.41) is 3.04. The van der Waals surface area contributed by atoms with Crippen molar-refractivity contribution in [2.24, 2.45) is 0 Å². The third-order valence-electron chi connectivity index (χ3n) is 1.81. The highest BCUT2D eigenvalue weighted by Crippen LogP contribution is 1.94. The van der Waals surface area contributed by atoms with Crippen LogP contribution < -0.4 is 5.32 Å². The van der Waals surface area contributed by atoms with E-state index in [-0.39, 0.29) is 6.61 Å². The Morgan fingerprint density at radius 3 is 3.00 bits per heavy atom. The van der Waals surface area contributed by atoms with E-state index in [4.69, 9.17) is 4.74 Å². The molecule has 0 atom stereocenters. The van der Waals surface area contributed by atoms with E-state index in [9.17, 15) is 8.78 Å². The molecule has 0 amide bonds. The molecule has 4 nitrogen and oxygen atoms in total. The Bertz CT molecular complexity index is 310. The maximum absolute atomic E-state index is 11.7. The first kappa shape index (κ1) is 12.9. The molecule has 1 rings (SSSR count). The summed E-state index contributed by atoms with van der Waals surface area (Å²) in [4.78, 5) is 8.15. The number of nitrogens with one attached hydrogen (secondary N) is 1. The van der Waals surface area contributed by atoms with Gasteiger partial charge in [-0.25, -0.2) is 18.7 Å². The molecular weight excluding hydrogens is 216 g/mol. The third-order valence-corrected chi connectivity index (χ3v) is 1.81. The van der Waals surface area contributed by atoms with Crippen LogP contribution in [-0.2, 0) is 11.3 Å². The van der Waals surface area contributed by atoms with Gasteiger partial charge in [0.1, 0.15) is 12.4 Å². The van der Waals surface area contributed by atoms with Crippen LogP contribution in [-0.4, -0.2) is 36.2 Å². The fourth-order valence-electron chi connectivity index (χ4n) is 1.14. The van der Waals surface area contributed by atoms with Crippen molar-refractivity contribution in [2.45, 2.75) is 19.9 Å². The van der Waals surface area contributed by atoms with Gasteiger partial charge in [0.25, 0.3) is 6.43 Å². The number of aryl methyl sites for hydroxylation is 1. The smallest absolute Gasteiger partial charge is 0.261 e. The number of ether oxygens (including phenoxy) is 1. The second kappa shape index (κ2) is 7.19. The minimum Gasteiger partial charge on any atom is -0.374 e. The Morgan fingerprint density at radius 1 is 1.50 bits per heavy atom. The molecule has 16 heavy (non-hydrogen) atoms. The second-order valence-corrected chi connectivity index (χ2v) is 3.24. The highest BCUT2D eigenvalue weighted by atomic mass is 19.3. The molecule has 0 aliphatic rings. The van der Waals surface area contributed by atoms with Gasteiger partial charge in [0.05, 0.1) is 12.3 Å². The SMILES string of the molecule is Cc1nccc(CNCCOCC(F)F)n1. The summed E-state index contributed by atoms with van der Waals surface area (Å²) in [5.74, 6) is 0.716. The van der Waals surface area contributed by atoms with Crippen LogP contribution in [0.1, 0.15) is 11.5 Å². The minimum atomic E-state index is -2.40. The Hall–Kier alpha value is -1.14. The zero-order chi connectivity index (χ0) is 11.8. The molecule has 0 aliphatic heterocycles. The average Bonchev–Trinajstić information content (AvgIpc) is 2.23. The van der Waals surface area contributed by atoms with E-state index in [1.165, 1.54) is 0 Å². The van der Waals surface area contributed by atoms with Gasteiger partial charge in [-0.15, -0.1) is 0 Å². The number of hydrogen-bond acceptors (Lipinski definition) is 4. The van der Waals surface area contributed by atoms with Crippen molar-refractivity contribution in [2.75, 3.05) is 19.8 Å². The topological polar surface area (TPSA) is 47.0 Å². The molecule has 0 saturated heterocycles. The van der Waals surface area contributed by atoms with E-state index in [0.29, 0.717) is 18.9 Å². The van der Waals surface area contributed by atoms with Gasteiger partial charge in [-0.2, -0.15) is 0 Å². The minimum absolute atomic E-state index is 0.272. The lowest BCUT2D eigenvalue weighted by molar-refractivity contribution is 0.0187. The van der Waals surface area contributed by atoms with Crippen molar-refractivity contribution in [3.8, 4) is 0 Å². The number of aromatic nitrogens is 2. The summed E-state index contributed by atoms with van der Waals surface area (Å²) >= 11 is 0. The highest BCUT2D eigenvalue weighted by molar-refractivity contribution is 5.00. The Kier molecular flexibility index (Phi) is 5.81. The van der Waals surface area contributed by atoms with E-state index >= 15 is 0 Å². The molecule has 0 spiro atoms. The molecule has 1 heterocycles. The molecule has 0 aliphatic carbocycles. The number of alkyl halides is 2. The van der Waals surface area contributed by atoms with Gasteiger partial charge in [-0.3, -0.25) is 0 Å². The maximum atomic E-state index is 11.7. The normalized spacial score (nSPS) is 11.0.